The summed E-state index contributed by atoms with van der Waals surface area (Å²) in [6.45, 7) is 4.24. The van der Waals surface area contributed by atoms with Crippen LogP contribution in [0.25, 0.3) is 0 Å². The second kappa shape index (κ2) is 5.43. The Kier molecular flexibility index (Phi) is 4.03. The van der Waals surface area contributed by atoms with Crippen LogP contribution in [0.15, 0.2) is 0 Å². The maximum absolute atomic E-state index is 12.0. The first kappa shape index (κ1) is 14.8. The maximum atomic E-state index is 12.0. The number of sulfone groups is 1. The molecule has 1 aromatic heterocycles. The van der Waals surface area contributed by atoms with Crippen molar-refractivity contribution in [2.75, 3.05) is 23.8 Å². The molecule has 7 nitrogen and oxygen atoms in total. The van der Waals surface area contributed by atoms with Crippen molar-refractivity contribution in [3.63, 3.8) is 0 Å². The SMILES string of the molecule is CC(C)c1[nH]nc(C(=O)NCC2CCS(=O)(=O)C2)c1N. The lowest BCUT2D eigenvalue weighted by molar-refractivity contribution is 0.0944. The molecule has 2 heterocycles. The van der Waals surface area contributed by atoms with E-state index < -0.39 is 9.84 Å². The zero-order chi connectivity index (χ0) is 14.9. The lowest BCUT2D eigenvalue weighted by Crippen LogP contribution is -2.30. The average molecular weight is 300 g/mol. The van der Waals surface area contributed by atoms with Crippen molar-refractivity contribution in [3.05, 3.63) is 11.4 Å². The van der Waals surface area contributed by atoms with E-state index >= 15 is 0 Å². The minimum Gasteiger partial charge on any atom is -0.395 e. The normalized spacial score (nSPS) is 21.2. The predicted octanol–water partition coefficient (Wildman–Crippen LogP) is 0.280. The molecule has 1 atom stereocenters. The summed E-state index contributed by atoms with van der Waals surface area (Å²) in [6.07, 6.45) is 0.593. The first-order valence-electron chi connectivity index (χ1n) is 6.62. The molecule has 8 heteroatoms. The van der Waals surface area contributed by atoms with Gasteiger partial charge in [-0.3, -0.25) is 9.89 Å². The number of carbonyl (C=O) groups is 1. The Balaban J connectivity index is 1.96. The lowest BCUT2D eigenvalue weighted by Gasteiger charge is -2.09. The topological polar surface area (TPSA) is 118 Å². The minimum atomic E-state index is -2.92. The summed E-state index contributed by atoms with van der Waals surface area (Å²) < 4.78 is 22.7. The third-order valence-corrected chi connectivity index (χ3v) is 5.34. The zero-order valence-electron chi connectivity index (χ0n) is 11.6. The Hall–Kier alpha value is -1.57. The maximum Gasteiger partial charge on any atom is 0.273 e. The number of nitrogens with one attached hydrogen (secondary N) is 2. The fourth-order valence-electron chi connectivity index (χ4n) is 2.33. The van der Waals surface area contributed by atoms with Gasteiger partial charge in [0.25, 0.3) is 5.91 Å². The number of hydrogen-bond acceptors (Lipinski definition) is 5. The molecule has 1 fully saturated rings. The number of carbonyl (C=O) groups excluding carboxylic acids is 1. The fourth-order valence-corrected chi connectivity index (χ4v) is 4.19. The molecule has 20 heavy (non-hydrogen) atoms. The summed E-state index contributed by atoms with van der Waals surface area (Å²) in [7, 11) is -2.92. The van der Waals surface area contributed by atoms with Crippen molar-refractivity contribution in [3.8, 4) is 0 Å². The van der Waals surface area contributed by atoms with Crippen LogP contribution in [0.5, 0.6) is 0 Å². The summed E-state index contributed by atoms with van der Waals surface area (Å²) in [5.41, 5.74) is 7.15. The highest BCUT2D eigenvalue weighted by Crippen LogP contribution is 2.22. The van der Waals surface area contributed by atoms with Crippen LogP contribution >= 0.6 is 0 Å². The van der Waals surface area contributed by atoms with E-state index in [9.17, 15) is 13.2 Å². The van der Waals surface area contributed by atoms with Gasteiger partial charge in [0, 0.05) is 6.54 Å². The number of nitrogens with zero attached hydrogens (tertiary/aromatic N) is 1. The third kappa shape index (κ3) is 3.12. The standard InChI is InChI=1S/C12H20N4O3S/c1-7(2)10-9(13)11(16-15-10)12(17)14-5-8-3-4-20(18,19)6-8/h7-8H,3-6,13H2,1-2H3,(H,14,17)(H,15,16). The summed E-state index contributed by atoms with van der Waals surface area (Å²) in [4.78, 5) is 12.0. The molecule has 0 aliphatic carbocycles. The van der Waals surface area contributed by atoms with Gasteiger partial charge in [-0.25, -0.2) is 8.42 Å². The van der Waals surface area contributed by atoms with Crippen molar-refractivity contribution in [1.82, 2.24) is 15.5 Å². The van der Waals surface area contributed by atoms with Crippen LogP contribution in [0.2, 0.25) is 0 Å². The van der Waals surface area contributed by atoms with Gasteiger partial charge in [-0.2, -0.15) is 5.10 Å². The van der Waals surface area contributed by atoms with E-state index in [2.05, 4.69) is 15.5 Å². The molecule has 1 amide bonds. The Morgan fingerprint density at radius 2 is 2.25 bits per heavy atom. The highest BCUT2D eigenvalue weighted by molar-refractivity contribution is 7.91. The van der Waals surface area contributed by atoms with Gasteiger partial charge < -0.3 is 11.1 Å². The van der Waals surface area contributed by atoms with Gasteiger partial charge >= 0.3 is 0 Å². The van der Waals surface area contributed by atoms with E-state index in [1.54, 1.807) is 0 Å². The quantitative estimate of drug-likeness (QED) is 0.738. The average Bonchev–Trinajstić information content (AvgIpc) is 2.89. The summed E-state index contributed by atoms with van der Waals surface area (Å²) in [5.74, 6) is 0.114. The van der Waals surface area contributed by atoms with Crippen molar-refractivity contribution in [2.24, 2.45) is 5.92 Å². The second-order valence-corrected chi connectivity index (χ2v) is 7.76. The van der Waals surface area contributed by atoms with Crippen LogP contribution in [-0.4, -0.2) is 42.6 Å². The number of nitrogens with two attached hydrogens (primary N) is 1. The molecule has 1 saturated heterocycles. The summed E-state index contributed by atoms with van der Waals surface area (Å²) in [6, 6.07) is 0. The van der Waals surface area contributed by atoms with Crippen LogP contribution in [0, 0.1) is 5.92 Å². The molecule has 1 aliphatic rings. The largest absolute Gasteiger partial charge is 0.395 e. The van der Waals surface area contributed by atoms with Gasteiger partial charge in [0.05, 0.1) is 22.9 Å². The molecular formula is C12H20N4O3S. The molecule has 0 radical (unpaired) electrons. The number of nitrogen functional groups attached to an aromatic ring is 1. The fraction of sp³-hybridized carbons (Fsp3) is 0.667. The van der Waals surface area contributed by atoms with Crippen molar-refractivity contribution < 1.29 is 13.2 Å². The smallest absolute Gasteiger partial charge is 0.273 e. The Morgan fingerprint density at radius 3 is 2.75 bits per heavy atom. The molecule has 0 spiro atoms. The molecule has 0 bridgehead atoms. The van der Waals surface area contributed by atoms with Gasteiger partial charge in [-0.15, -0.1) is 0 Å². The van der Waals surface area contributed by atoms with Crippen LogP contribution < -0.4 is 11.1 Å². The van der Waals surface area contributed by atoms with Crippen molar-refractivity contribution >= 4 is 21.4 Å². The Labute approximate surface area is 118 Å². The monoisotopic (exact) mass is 300 g/mol. The number of H-pyrrole nitrogens is 1. The number of aromatic nitrogens is 2. The zero-order valence-corrected chi connectivity index (χ0v) is 12.5. The van der Waals surface area contributed by atoms with Gasteiger partial charge in [-0.1, -0.05) is 13.8 Å². The van der Waals surface area contributed by atoms with Crippen LogP contribution in [0.1, 0.15) is 42.4 Å². The van der Waals surface area contributed by atoms with E-state index in [0.29, 0.717) is 18.7 Å². The molecule has 1 aliphatic heterocycles. The Bertz CT molecular complexity index is 606. The highest BCUT2D eigenvalue weighted by atomic mass is 32.2. The van der Waals surface area contributed by atoms with E-state index in [-0.39, 0.29) is 34.9 Å². The predicted molar refractivity (Wildman–Crippen MR) is 76.2 cm³/mol. The molecule has 0 saturated carbocycles. The van der Waals surface area contributed by atoms with Crippen molar-refractivity contribution in [2.45, 2.75) is 26.2 Å². The van der Waals surface area contributed by atoms with E-state index in [0.717, 1.165) is 5.69 Å². The van der Waals surface area contributed by atoms with Gasteiger partial charge in [0.15, 0.2) is 15.5 Å². The van der Waals surface area contributed by atoms with Gasteiger partial charge in [0.2, 0.25) is 0 Å². The first-order chi connectivity index (χ1) is 9.30. The van der Waals surface area contributed by atoms with Gasteiger partial charge in [-0.05, 0) is 18.3 Å². The Morgan fingerprint density at radius 1 is 1.55 bits per heavy atom. The second-order valence-electron chi connectivity index (χ2n) is 5.53. The number of anilines is 1. The van der Waals surface area contributed by atoms with Crippen LogP contribution in [0.3, 0.4) is 0 Å². The molecule has 2 rings (SSSR count). The highest BCUT2D eigenvalue weighted by Gasteiger charge is 2.28. The van der Waals surface area contributed by atoms with E-state index in [4.69, 9.17) is 5.73 Å². The first-order valence-corrected chi connectivity index (χ1v) is 8.44. The van der Waals surface area contributed by atoms with Crippen molar-refractivity contribution in [1.29, 1.82) is 0 Å². The van der Waals surface area contributed by atoms with Gasteiger partial charge in [0.1, 0.15) is 0 Å². The summed E-state index contributed by atoms with van der Waals surface area (Å²) >= 11 is 0. The van der Waals surface area contributed by atoms with Crippen LogP contribution in [0.4, 0.5) is 5.69 Å². The molecule has 1 aromatic rings. The lowest BCUT2D eigenvalue weighted by atomic mass is 10.1. The third-order valence-electron chi connectivity index (χ3n) is 3.50. The van der Waals surface area contributed by atoms with E-state index in [1.807, 2.05) is 13.8 Å². The minimum absolute atomic E-state index is 0.0197. The molecular weight excluding hydrogens is 280 g/mol. The molecule has 1 unspecified atom stereocenters. The summed E-state index contributed by atoms with van der Waals surface area (Å²) in [5, 5.41) is 9.40. The number of rotatable bonds is 4. The number of hydrogen-bond donors (Lipinski definition) is 3. The molecule has 4 N–H and O–H groups in total. The molecule has 112 valence electrons. The van der Waals surface area contributed by atoms with Crippen LogP contribution in [-0.2, 0) is 9.84 Å². The van der Waals surface area contributed by atoms with E-state index in [1.165, 1.54) is 0 Å². The number of amides is 1. The number of aromatic amines is 1. The molecule has 0 aromatic carbocycles.